The van der Waals surface area contributed by atoms with Crippen LogP contribution in [0.3, 0.4) is 0 Å². The molecule has 4 rings (SSSR count). The Hall–Kier alpha value is -3.14. The highest BCUT2D eigenvalue weighted by Gasteiger charge is 2.13. The summed E-state index contributed by atoms with van der Waals surface area (Å²) in [5.74, 6) is 0.900. The molecule has 0 fully saturated rings. The first-order valence-electron chi connectivity index (χ1n) is 12.2. The average Bonchev–Trinajstić information content (AvgIpc) is 3.38. The second-order valence-corrected chi connectivity index (χ2v) is 10.8. The van der Waals surface area contributed by atoms with Gasteiger partial charge in [0.05, 0.1) is 0 Å². The predicted molar refractivity (Wildman–Crippen MR) is 150 cm³/mol. The molecule has 1 aromatic heterocycles. The zero-order valence-corrected chi connectivity index (χ0v) is 21.9. The molecule has 0 aliphatic carbocycles. The lowest BCUT2D eigenvalue weighted by molar-refractivity contribution is 0.283. The standard InChI is InChI=1S/C32H35NOS/c1-5-17-33(21-25-12-14-30(15-13-25)32(2,3)4)22-26-8-7-11-31(20-26)34-23-27-9-6-10-28(19-27)29-16-18-35-24-29/h5-16,18-20,24H,1,17,21-23H2,2-4H3. The summed E-state index contributed by atoms with van der Waals surface area (Å²) in [6.07, 6.45) is 1.98. The van der Waals surface area contributed by atoms with Crippen molar-refractivity contribution in [2.45, 2.75) is 45.9 Å². The first-order chi connectivity index (χ1) is 16.9. The van der Waals surface area contributed by atoms with Gasteiger partial charge in [0.1, 0.15) is 12.4 Å². The molecular weight excluding hydrogens is 446 g/mol. The van der Waals surface area contributed by atoms with Gasteiger partial charge >= 0.3 is 0 Å². The van der Waals surface area contributed by atoms with Gasteiger partial charge in [0.25, 0.3) is 0 Å². The van der Waals surface area contributed by atoms with Crippen LogP contribution in [0.5, 0.6) is 5.75 Å². The minimum absolute atomic E-state index is 0.172. The van der Waals surface area contributed by atoms with Gasteiger partial charge < -0.3 is 4.74 Å². The van der Waals surface area contributed by atoms with Crippen molar-refractivity contribution in [3.05, 3.63) is 125 Å². The van der Waals surface area contributed by atoms with E-state index in [2.05, 4.69) is 116 Å². The highest BCUT2D eigenvalue weighted by molar-refractivity contribution is 7.08. The van der Waals surface area contributed by atoms with Crippen molar-refractivity contribution in [2.24, 2.45) is 0 Å². The smallest absolute Gasteiger partial charge is 0.120 e. The molecular formula is C32H35NOS. The zero-order valence-electron chi connectivity index (χ0n) is 21.0. The summed E-state index contributed by atoms with van der Waals surface area (Å²) < 4.78 is 6.17. The highest BCUT2D eigenvalue weighted by Crippen LogP contribution is 2.25. The van der Waals surface area contributed by atoms with Crippen LogP contribution in [-0.4, -0.2) is 11.4 Å². The van der Waals surface area contributed by atoms with E-state index >= 15 is 0 Å². The Morgan fingerprint density at radius 1 is 0.829 bits per heavy atom. The molecule has 3 heteroatoms. The maximum absolute atomic E-state index is 6.17. The van der Waals surface area contributed by atoms with Crippen LogP contribution < -0.4 is 4.74 Å². The van der Waals surface area contributed by atoms with E-state index in [-0.39, 0.29) is 5.41 Å². The van der Waals surface area contributed by atoms with Crippen molar-refractivity contribution in [3.63, 3.8) is 0 Å². The van der Waals surface area contributed by atoms with Crippen molar-refractivity contribution in [1.82, 2.24) is 4.90 Å². The Morgan fingerprint density at radius 3 is 2.29 bits per heavy atom. The Labute approximate surface area is 214 Å². The number of rotatable bonds is 10. The van der Waals surface area contributed by atoms with Crippen LogP contribution in [0.4, 0.5) is 0 Å². The molecule has 0 aliphatic rings. The van der Waals surface area contributed by atoms with E-state index in [0.717, 1.165) is 25.4 Å². The molecule has 0 atom stereocenters. The maximum Gasteiger partial charge on any atom is 0.120 e. The molecule has 1 heterocycles. The van der Waals surface area contributed by atoms with Crippen LogP contribution in [0.2, 0.25) is 0 Å². The van der Waals surface area contributed by atoms with Crippen LogP contribution in [0.25, 0.3) is 11.1 Å². The van der Waals surface area contributed by atoms with E-state index in [1.807, 2.05) is 12.1 Å². The van der Waals surface area contributed by atoms with Gasteiger partial charge in [-0.2, -0.15) is 11.3 Å². The molecule has 0 spiro atoms. The summed E-state index contributed by atoms with van der Waals surface area (Å²) in [6, 6.07) is 28.2. The molecule has 0 unspecified atom stereocenters. The van der Waals surface area contributed by atoms with Gasteiger partial charge in [0.15, 0.2) is 0 Å². The van der Waals surface area contributed by atoms with Crippen molar-refractivity contribution >= 4 is 11.3 Å². The van der Waals surface area contributed by atoms with Crippen LogP contribution in [-0.2, 0) is 25.1 Å². The summed E-state index contributed by atoms with van der Waals surface area (Å²) in [5, 5.41) is 4.29. The number of ether oxygens (including phenoxy) is 1. The quantitative estimate of drug-likeness (QED) is 0.211. The van der Waals surface area contributed by atoms with Gasteiger partial charge in [-0.05, 0) is 73.8 Å². The molecule has 0 amide bonds. The molecule has 0 bridgehead atoms. The van der Waals surface area contributed by atoms with Crippen LogP contribution in [0.15, 0.2) is 102 Å². The van der Waals surface area contributed by atoms with E-state index in [1.165, 1.54) is 33.4 Å². The molecule has 4 aromatic rings. The monoisotopic (exact) mass is 481 g/mol. The fraction of sp³-hybridized carbons (Fsp3) is 0.250. The van der Waals surface area contributed by atoms with E-state index in [1.54, 1.807) is 11.3 Å². The summed E-state index contributed by atoms with van der Waals surface area (Å²) >= 11 is 1.72. The zero-order chi connectivity index (χ0) is 24.7. The summed E-state index contributed by atoms with van der Waals surface area (Å²) in [4.78, 5) is 2.41. The van der Waals surface area contributed by atoms with Gasteiger partial charge in [-0.1, -0.05) is 81.4 Å². The van der Waals surface area contributed by atoms with Crippen LogP contribution in [0.1, 0.15) is 43.0 Å². The summed E-state index contributed by atoms with van der Waals surface area (Å²) in [7, 11) is 0. The molecule has 2 nitrogen and oxygen atoms in total. The second kappa shape index (κ2) is 11.5. The van der Waals surface area contributed by atoms with Crippen molar-refractivity contribution in [3.8, 4) is 16.9 Å². The third-order valence-electron chi connectivity index (χ3n) is 6.11. The van der Waals surface area contributed by atoms with E-state index < -0.39 is 0 Å². The van der Waals surface area contributed by atoms with Gasteiger partial charge in [-0.3, -0.25) is 4.90 Å². The number of nitrogens with zero attached hydrogens (tertiary/aromatic N) is 1. The Bertz CT molecular complexity index is 1220. The third kappa shape index (κ3) is 7.17. The van der Waals surface area contributed by atoms with Gasteiger partial charge in [0.2, 0.25) is 0 Å². The number of hydrogen-bond donors (Lipinski definition) is 0. The number of thiophene rings is 1. The Balaban J connectivity index is 1.39. The SMILES string of the molecule is C=CCN(Cc1ccc(C(C)(C)C)cc1)Cc1cccc(OCc2cccc(-c3ccsc3)c2)c1. The third-order valence-corrected chi connectivity index (χ3v) is 6.79. The van der Waals surface area contributed by atoms with E-state index in [9.17, 15) is 0 Å². The fourth-order valence-corrected chi connectivity index (χ4v) is 4.83. The molecule has 3 aromatic carbocycles. The van der Waals surface area contributed by atoms with Crippen LogP contribution >= 0.6 is 11.3 Å². The largest absolute Gasteiger partial charge is 0.489 e. The molecule has 35 heavy (non-hydrogen) atoms. The van der Waals surface area contributed by atoms with Gasteiger partial charge in [-0.15, -0.1) is 6.58 Å². The van der Waals surface area contributed by atoms with E-state index in [4.69, 9.17) is 4.74 Å². The minimum Gasteiger partial charge on any atom is -0.489 e. The second-order valence-electron chi connectivity index (χ2n) is 10.1. The van der Waals surface area contributed by atoms with Crippen LogP contribution in [0, 0.1) is 0 Å². The molecule has 180 valence electrons. The average molecular weight is 482 g/mol. The normalized spacial score (nSPS) is 11.5. The van der Waals surface area contributed by atoms with Gasteiger partial charge in [0, 0.05) is 19.6 Å². The maximum atomic E-state index is 6.17. The number of hydrogen-bond acceptors (Lipinski definition) is 3. The lowest BCUT2D eigenvalue weighted by Gasteiger charge is -2.23. The van der Waals surface area contributed by atoms with Crippen molar-refractivity contribution < 1.29 is 4.74 Å². The lowest BCUT2D eigenvalue weighted by atomic mass is 9.87. The van der Waals surface area contributed by atoms with Crippen molar-refractivity contribution in [1.29, 1.82) is 0 Å². The Kier molecular flexibility index (Phi) is 8.22. The molecule has 0 aliphatic heterocycles. The van der Waals surface area contributed by atoms with E-state index in [0.29, 0.717) is 6.61 Å². The van der Waals surface area contributed by atoms with Crippen molar-refractivity contribution in [2.75, 3.05) is 6.54 Å². The highest BCUT2D eigenvalue weighted by atomic mass is 32.1. The summed E-state index contributed by atoms with van der Waals surface area (Å²) in [5.41, 5.74) is 7.75. The predicted octanol–water partition coefficient (Wildman–Crippen LogP) is 8.48. The number of benzene rings is 3. The molecule has 0 radical (unpaired) electrons. The first-order valence-corrected chi connectivity index (χ1v) is 13.1. The lowest BCUT2D eigenvalue weighted by Crippen LogP contribution is -2.23. The molecule has 0 saturated heterocycles. The van der Waals surface area contributed by atoms with Gasteiger partial charge in [-0.25, -0.2) is 0 Å². The fourth-order valence-electron chi connectivity index (χ4n) is 4.16. The first kappa shape index (κ1) is 25.0. The molecule has 0 N–H and O–H groups in total. The topological polar surface area (TPSA) is 12.5 Å². The minimum atomic E-state index is 0.172. The Morgan fingerprint density at radius 2 is 1.57 bits per heavy atom. The molecule has 0 saturated carbocycles. The summed E-state index contributed by atoms with van der Waals surface area (Å²) in [6.45, 7) is 13.8.